The van der Waals surface area contributed by atoms with Gasteiger partial charge in [0.1, 0.15) is 17.2 Å². The zero-order valence-electron chi connectivity index (χ0n) is 20.3. The number of aromatic carboxylic acids is 1. The number of carboxylic acid groups (broad SMARTS) is 1. The van der Waals surface area contributed by atoms with Gasteiger partial charge in [0, 0.05) is 25.7 Å². The molecule has 1 aliphatic carbocycles. The minimum Gasteiger partial charge on any atom is -0.478 e. The zero-order chi connectivity index (χ0) is 26.1. The van der Waals surface area contributed by atoms with Crippen LogP contribution in [0.15, 0.2) is 42.5 Å². The fourth-order valence-corrected chi connectivity index (χ4v) is 4.55. The van der Waals surface area contributed by atoms with E-state index in [9.17, 15) is 23.9 Å². The number of halogens is 1. The van der Waals surface area contributed by atoms with Crippen LogP contribution in [0.2, 0.25) is 0 Å². The molecule has 2 heterocycles. The quantitative estimate of drug-likeness (QED) is 0.452. The number of carboxylic acids is 1. The summed E-state index contributed by atoms with van der Waals surface area (Å²) in [6.07, 6.45) is 2.27. The number of aromatic nitrogens is 2. The van der Waals surface area contributed by atoms with Gasteiger partial charge in [-0.05, 0) is 66.6 Å². The van der Waals surface area contributed by atoms with Crippen LogP contribution < -0.4 is 15.5 Å². The Morgan fingerprint density at radius 3 is 2.49 bits per heavy atom. The molecule has 3 aromatic rings. The summed E-state index contributed by atoms with van der Waals surface area (Å²) in [6, 6.07) is 10.6. The molecule has 9 nitrogen and oxygen atoms in total. The molecule has 2 amide bonds. The van der Waals surface area contributed by atoms with E-state index in [0.717, 1.165) is 36.2 Å². The van der Waals surface area contributed by atoms with Crippen molar-refractivity contribution in [3.05, 3.63) is 87.5 Å². The first-order valence-electron chi connectivity index (χ1n) is 12.1. The van der Waals surface area contributed by atoms with Crippen molar-refractivity contribution in [2.24, 2.45) is 0 Å². The van der Waals surface area contributed by atoms with Gasteiger partial charge in [0.05, 0.1) is 11.6 Å². The van der Waals surface area contributed by atoms with E-state index >= 15 is 0 Å². The molecule has 1 aromatic heterocycles. The highest BCUT2D eigenvalue weighted by Gasteiger charge is 2.27. The zero-order valence-corrected chi connectivity index (χ0v) is 20.3. The van der Waals surface area contributed by atoms with Crippen molar-refractivity contribution >= 4 is 23.7 Å². The first kappa shape index (κ1) is 24.4. The van der Waals surface area contributed by atoms with E-state index in [1.165, 1.54) is 18.2 Å². The Bertz CT molecular complexity index is 1410. The van der Waals surface area contributed by atoms with Gasteiger partial charge in [-0.1, -0.05) is 18.2 Å². The van der Waals surface area contributed by atoms with Crippen molar-refractivity contribution in [3.8, 4) is 0 Å². The first-order chi connectivity index (χ1) is 17.8. The Morgan fingerprint density at radius 2 is 1.81 bits per heavy atom. The number of benzene rings is 2. The molecule has 0 bridgehead atoms. The van der Waals surface area contributed by atoms with Gasteiger partial charge >= 0.3 is 5.97 Å². The third kappa shape index (κ3) is 5.13. The molecular formula is C27H26FN5O4. The number of fused-ring (bicyclic) bond motifs is 1. The Balaban J connectivity index is 1.34. The Kier molecular flexibility index (Phi) is 6.56. The normalized spacial score (nSPS) is 16.1. The van der Waals surface area contributed by atoms with Gasteiger partial charge < -0.3 is 20.6 Å². The molecule has 190 valence electrons. The number of aryl methyl sites for hydroxylation is 2. The Hall–Kier alpha value is -4.34. The predicted octanol–water partition coefficient (Wildman–Crippen LogP) is 3.18. The molecule has 5 rings (SSSR count). The second kappa shape index (κ2) is 9.96. The number of nitrogens with zero attached hydrogens (tertiary/aromatic N) is 3. The summed E-state index contributed by atoms with van der Waals surface area (Å²) in [7, 11) is 0. The van der Waals surface area contributed by atoms with E-state index in [0.29, 0.717) is 24.4 Å². The molecular weight excluding hydrogens is 477 g/mol. The number of hydrogen-bond acceptors (Lipinski definition) is 6. The maximum atomic E-state index is 13.5. The topological polar surface area (TPSA) is 125 Å². The molecule has 0 radical (unpaired) electrons. The van der Waals surface area contributed by atoms with E-state index in [-0.39, 0.29) is 35.4 Å². The summed E-state index contributed by atoms with van der Waals surface area (Å²) in [5, 5.41) is 15.0. The average molecular weight is 504 g/mol. The lowest BCUT2D eigenvalue weighted by molar-refractivity contribution is 0.0696. The number of hydrogen-bond donors (Lipinski definition) is 3. The molecule has 1 fully saturated rings. The third-order valence-corrected chi connectivity index (χ3v) is 6.77. The van der Waals surface area contributed by atoms with Gasteiger partial charge in [-0.2, -0.15) is 0 Å². The fraction of sp³-hybridized carbons (Fsp3) is 0.296. The SMILES string of the molecule is Cc1cc(CNC(=O)c2cc(C(=O)N[C@H]3CCc4cc(C(=O)O)ccc43)nc(N3CCC3)n2)ccc1F. The molecule has 2 aliphatic rings. The predicted molar refractivity (Wildman–Crippen MR) is 133 cm³/mol. The highest BCUT2D eigenvalue weighted by molar-refractivity contribution is 5.98. The van der Waals surface area contributed by atoms with Crippen LogP contribution in [0, 0.1) is 12.7 Å². The number of carbonyl (C=O) groups excluding carboxylic acids is 2. The fourth-order valence-electron chi connectivity index (χ4n) is 4.55. The number of nitrogens with one attached hydrogen (secondary N) is 2. The smallest absolute Gasteiger partial charge is 0.335 e. The monoisotopic (exact) mass is 503 g/mol. The maximum Gasteiger partial charge on any atom is 0.335 e. The molecule has 0 saturated carbocycles. The molecule has 2 aromatic carbocycles. The minimum atomic E-state index is -0.991. The van der Waals surface area contributed by atoms with Gasteiger partial charge in [-0.3, -0.25) is 9.59 Å². The van der Waals surface area contributed by atoms with E-state index in [2.05, 4.69) is 20.6 Å². The lowest BCUT2D eigenvalue weighted by Crippen LogP contribution is -2.39. The highest BCUT2D eigenvalue weighted by Crippen LogP contribution is 2.32. The van der Waals surface area contributed by atoms with E-state index in [1.807, 2.05) is 4.90 Å². The number of amides is 2. The van der Waals surface area contributed by atoms with Gasteiger partial charge in [0.25, 0.3) is 11.8 Å². The summed E-state index contributed by atoms with van der Waals surface area (Å²) in [6.45, 7) is 3.32. The van der Waals surface area contributed by atoms with Gasteiger partial charge in [0.2, 0.25) is 5.95 Å². The van der Waals surface area contributed by atoms with Gasteiger partial charge in [-0.25, -0.2) is 19.2 Å². The average Bonchev–Trinajstić information content (AvgIpc) is 3.25. The van der Waals surface area contributed by atoms with Crippen LogP contribution in [-0.2, 0) is 13.0 Å². The van der Waals surface area contributed by atoms with Crippen molar-refractivity contribution in [1.29, 1.82) is 0 Å². The Morgan fingerprint density at radius 1 is 1.05 bits per heavy atom. The second-order valence-electron chi connectivity index (χ2n) is 9.33. The summed E-state index contributed by atoms with van der Waals surface area (Å²) >= 11 is 0. The van der Waals surface area contributed by atoms with Gasteiger partial charge in [-0.15, -0.1) is 0 Å². The number of carbonyl (C=O) groups is 3. The van der Waals surface area contributed by atoms with Crippen LogP contribution in [0.1, 0.15) is 72.5 Å². The molecule has 1 atom stereocenters. The third-order valence-electron chi connectivity index (χ3n) is 6.77. The summed E-state index contributed by atoms with van der Waals surface area (Å²) in [4.78, 5) is 48.1. The molecule has 1 aliphatic heterocycles. The van der Waals surface area contributed by atoms with E-state index in [4.69, 9.17) is 0 Å². The standard InChI is InChI=1S/C27H26FN5O4/c1-15-11-16(3-7-20(15)28)14-29-24(34)22-13-23(32-27(31-22)33-9-2-10-33)25(35)30-21-8-5-17-12-18(26(36)37)4-6-19(17)21/h3-4,6-7,11-13,21H,2,5,8-10,14H2,1H3,(H,29,34)(H,30,35)(H,36,37)/t21-/m0/s1. The summed E-state index contributed by atoms with van der Waals surface area (Å²) in [5.41, 5.74) is 3.36. The van der Waals surface area contributed by atoms with E-state index < -0.39 is 17.8 Å². The van der Waals surface area contributed by atoms with Crippen molar-refractivity contribution in [2.75, 3.05) is 18.0 Å². The van der Waals surface area contributed by atoms with Crippen molar-refractivity contribution < 1.29 is 23.9 Å². The van der Waals surface area contributed by atoms with Crippen LogP contribution in [-0.4, -0.2) is 45.9 Å². The molecule has 10 heteroatoms. The number of rotatable bonds is 7. The highest BCUT2D eigenvalue weighted by atomic mass is 19.1. The maximum absolute atomic E-state index is 13.5. The number of anilines is 1. The summed E-state index contributed by atoms with van der Waals surface area (Å²) < 4.78 is 13.5. The summed E-state index contributed by atoms with van der Waals surface area (Å²) in [5.74, 6) is -1.89. The second-order valence-corrected chi connectivity index (χ2v) is 9.33. The molecule has 37 heavy (non-hydrogen) atoms. The van der Waals surface area contributed by atoms with Crippen LogP contribution in [0.25, 0.3) is 0 Å². The largest absolute Gasteiger partial charge is 0.478 e. The van der Waals surface area contributed by atoms with Crippen molar-refractivity contribution in [2.45, 2.75) is 38.8 Å². The molecule has 0 spiro atoms. The van der Waals surface area contributed by atoms with Crippen LogP contribution in [0.4, 0.5) is 10.3 Å². The lowest BCUT2D eigenvalue weighted by Gasteiger charge is -2.31. The van der Waals surface area contributed by atoms with E-state index in [1.54, 1.807) is 31.2 Å². The Labute approximate surface area is 212 Å². The minimum absolute atomic E-state index is 0.0683. The van der Waals surface area contributed by atoms with Crippen LogP contribution >= 0.6 is 0 Å². The van der Waals surface area contributed by atoms with Crippen molar-refractivity contribution in [3.63, 3.8) is 0 Å². The van der Waals surface area contributed by atoms with Crippen molar-refractivity contribution in [1.82, 2.24) is 20.6 Å². The van der Waals surface area contributed by atoms with Crippen LogP contribution in [0.5, 0.6) is 0 Å². The first-order valence-corrected chi connectivity index (χ1v) is 12.1. The lowest BCUT2D eigenvalue weighted by atomic mass is 10.0. The van der Waals surface area contributed by atoms with Crippen LogP contribution in [0.3, 0.4) is 0 Å². The molecule has 1 saturated heterocycles. The molecule has 3 N–H and O–H groups in total. The van der Waals surface area contributed by atoms with Gasteiger partial charge in [0.15, 0.2) is 0 Å². The molecule has 0 unspecified atom stereocenters.